The summed E-state index contributed by atoms with van der Waals surface area (Å²) in [6.07, 6.45) is 3.96. The molecular formula is C16H27IN4S. The molecule has 4 nitrogen and oxygen atoms in total. The molecule has 1 aliphatic carbocycles. The Hall–Kier alpha value is -0.500. The smallest absolute Gasteiger partial charge is 0.193 e. The summed E-state index contributed by atoms with van der Waals surface area (Å²) in [6, 6.07) is 5.01. The summed E-state index contributed by atoms with van der Waals surface area (Å²) in [5.41, 5.74) is 0. The number of guanidine groups is 1. The van der Waals surface area contributed by atoms with Crippen LogP contribution in [0.1, 0.15) is 26.2 Å². The molecule has 1 aromatic rings. The minimum absolute atomic E-state index is 0. The third-order valence-corrected chi connectivity index (χ3v) is 5.43. The average molecular weight is 434 g/mol. The molecule has 1 saturated heterocycles. The topological polar surface area (TPSA) is 30.9 Å². The predicted molar refractivity (Wildman–Crippen MR) is 107 cm³/mol. The number of hydrogen-bond acceptors (Lipinski definition) is 3. The predicted octanol–water partition coefficient (Wildman–Crippen LogP) is 3.25. The van der Waals surface area contributed by atoms with Gasteiger partial charge in [0.15, 0.2) is 5.96 Å². The van der Waals surface area contributed by atoms with Crippen LogP contribution < -0.4 is 10.2 Å². The number of hydrogen-bond donors (Lipinski definition) is 1. The lowest BCUT2D eigenvalue weighted by Gasteiger charge is -2.37. The van der Waals surface area contributed by atoms with Crippen LogP contribution in [0, 0.1) is 5.92 Å². The lowest BCUT2D eigenvalue weighted by atomic mass is 10.2. The fourth-order valence-electron chi connectivity index (χ4n) is 3.17. The van der Waals surface area contributed by atoms with Crippen molar-refractivity contribution in [2.75, 3.05) is 38.1 Å². The summed E-state index contributed by atoms with van der Waals surface area (Å²) in [7, 11) is 1.91. The molecule has 0 amide bonds. The second kappa shape index (κ2) is 8.38. The van der Waals surface area contributed by atoms with E-state index in [2.05, 4.69) is 44.5 Å². The van der Waals surface area contributed by atoms with Gasteiger partial charge in [-0.1, -0.05) is 13.3 Å². The van der Waals surface area contributed by atoms with Gasteiger partial charge >= 0.3 is 0 Å². The quantitative estimate of drug-likeness (QED) is 0.449. The number of nitrogens with zero attached hydrogens (tertiary/aromatic N) is 3. The van der Waals surface area contributed by atoms with Crippen molar-refractivity contribution < 1.29 is 0 Å². The van der Waals surface area contributed by atoms with Crippen LogP contribution in [-0.4, -0.2) is 50.1 Å². The molecule has 0 radical (unpaired) electrons. The van der Waals surface area contributed by atoms with Crippen LogP contribution >= 0.6 is 35.3 Å². The van der Waals surface area contributed by atoms with Gasteiger partial charge in [0.05, 0.1) is 5.00 Å². The zero-order chi connectivity index (χ0) is 14.7. The summed E-state index contributed by atoms with van der Waals surface area (Å²) in [5.74, 6) is 1.98. The van der Waals surface area contributed by atoms with E-state index >= 15 is 0 Å². The third-order valence-electron chi connectivity index (χ3n) is 4.51. The first-order chi connectivity index (χ1) is 10.3. The molecule has 22 heavy (non-hydrogen) atoms. The molecule has 3 rings (SSSR count). The van der Waals surface area contributed by atoms with Crippen LogP contribution in [0.25, 0.3) is 0 Å². The summed E-state index contributed by atoms with van der Waals surface area (Å²) in [4.78, 5) is 9.38. The van der Waals surface area contributed by atoms with Crippen LogP contribution in [0.15, 0.2) is 22.5 Å². The van der Waals surface area contributed by atoms with Crippen molar-refractivity contribution in [2.24, 2.45) is 10.9 Å². The lowest BCUT2D eigenvalue weighted by Crippen LogP contribution is -2.53. The zero-order valence-electron chi connectivity index (χ0n) is 13.5. The molecule has 2 atom stereocenters. The van der Waals surface area contributed by atoms with E-state index in [0.717, 1.165) is 38.1 Å². The van der Waals surface area contributed by atoms with E-state index in [1.165, 1.54) is 24.3 Å². The molecular weight excluding hydrogens is 407 g/mol. The van der Waals surface area contributed by atoms with E-state index in [1.54, 1.807) is 0 Å². The summed E-state index contributed by atoms with van der Waals surface area (Å²) in [5, 5.41) is 7.20. The molecule has 6 heteroatoms. The van der Waals surface area contributed by atoms with Gasteiger partial charge in [0.1, 0.15) is 0 Å². The van der Waals surface area contributed by atoms with Gasteiger partial charge in [-0.2, -0.15) is 0 Å². The Morgan fingerprint density at radius 1 is 1.36 bits per heavy atom. The van der Waals surface area contributed by atoms with E-state index in [1.807, 2.05) is 18.4 Å². The van der Waals surface area contributed by atoms with Gasteiger partial charge in [-0.15, -0.1) is 35.3 Å². The van der Waals surface area contributed by atoms with E-state index in [0.29, 0.717) is 6.04 Å². The summed E-state index contributed by atoms with van der Waals surface area (Å²) >= 11 is 1.83. The fourth-order valence-corrected chi connectivity index (χ4v) is 3.95. The van der Waals surface area contributed by atoms with Gasteiger partial charge < -0.3 is 15.1 Å². The molecule has 2 heterocycles. The highest BCUT2D eigenvalue weighted by molar-refractivity contribution is 14.0. The maximum absolute atomic E-state index is 4.49. The summed E-state index contributed by atoms with van der Waals surface area (Å²) < 4.78 is 0. The Morgan fingerprint density at radius 2 is 2.14 bits per heavy atom. The fraction of sp³-hybridized carbons (Fsp3) is 0.688. The molecule has 1 saturated carbocycles. The van der Waals surface area contributed by atoms with Crippen molar-refractivity contribution in [1.82, 2.24) is 10.2 Å². The van der Waals surface area contributed by atoms with Crippen molar-refractivity contribution in [3.8, 4) is 0 Å². The Balaban J connectivity index is 0.00000176. The Morgan fingerprint density at radius 3 is 2.73 bits per heavy atom. The van der Waals surface area contributed by atoms with Crippen molar-refractivity contribution in [3.05, 3.63) is 17.5 Å². The van der Waals surface area contributed by atoms with Gasteiger partial charge in [-0.3, -0.25) is 4.99 Å². The normalized spacial score (nSPS) is 24.9. The van der Waals surface area contributed by atoms with Crippen LogP contribution in [0.3, 0.4) is 0 Å². The average Bonchev–Trinajstić information content (AvgIpc) is 3.03. The first-order valence-corrected chi connectivity index (χ1v) is 8.96. The number of anilines is 1. The SMILES string of the molecule is CCCC1CC1NC(=NC)N1CCN(c2cccs2)CC1.I. The largest absolute Gasteiger partial charge is 0.360 e. The Labute approximate surface area is 155 Å². The van der Waals surface area contributed by atoms with E-state index in [-0.39, 0.29) is 24.0 Å². The molecule has 0 bridgehead atoms. The van der Waals surface area contributed by atoms with E-state index in [9.17, 15) is 0 Å². The molecule has 0 aromatic carbocycles. The highest BCUT2D eigenvalue weighted by Crippen LogP contribution is 2.34. The van der Waals surface area contributed by atoms with E-state index in [4.69, 9.17) is 0 Å². The summed E-state index contributed by atoms with van der Waals surface area (Å²) in [6.45, 7) is 6.56. The van der Waals surface area contributed by atoms with Gasteiger partial charge in [-0.25, -0.2) is 0 Å². The molecule has 2 unspecified atom stereocenters. The molecule has 1 aliphatic heterocycles. The number of halogens is 1. The standard InChI is InChI=1S/C16H26N4S.HI/c1-3-5-13-12-14(13)18-16(17-2)20-9-7-19(8-10-20)15-6-4-11-21-15;/h4,6,11,13-14H,3,5,7-10,12H2,1-2H3,(H,17,18);1H. The van der Waals surface area contributed by atoms with Gasteiger partial charge in [0.2, 0.25) is 0 Å². The number of rotatable bonds is 4. The van der Waals surface area contributed by atoms with E-state index < -0.39 is 0 Å². The first-order valence-electron chi connectivity index (χ1n) is 8.08. The maximum atomic E-state index is 4.49. The minimum atomic E-state index is 0. The van der Waals surface area contributed by atoms with Gasteiger partial charge in [0, 0.05) is 39.3 Å². The third kappa shape index (κ3) is 4.28. The monoisotopic (exact) mass is 434 g/mol. The number of nitrogens with one attached hydrogen (secondary N) is 1. The van der Waals surface area contributed by atoms with Crippen molar-refractivity contribution in [2.45, 2.75) is 32.2 Å². The molecule has 0 spiro atoms. The number of thiophene rings is 1. The van der Waals surface area contributed by atoms with Crippen LogP contribution in [0.2, 0.25) is 0 Å². The van der Waals surface area contributed by atoms with Crippen LogP contribution in [0.5, 0.6) is 0 Å². The zero-order valence-corrected chi connectivity index (χ0v) is 16.6. The Kier molecular flexibility index (Phi) is 6.80. The molecule has 2 fully saturated rings. The second-order valence-corrected chi connectivity index (χ2v) is 6.93. The highest BCUT2D eigenvalue weighted by Gasteiger charge is 2.37. The molecule has 124 valence electrons. The highest BCUT2D eigenvalue weighted by atomic mass is 127. The van der Waals surface area contributed by atoms with Gasteiger partial charge in [-0.05, 0) is 36.3 Å². The Bertz CT molecular complexity index is 469. The van der Waals surface area contributed by atoms with Crippen LogP contribution in [0.4, 0.5) is 5.00 Å². The second-order valence-electron chi connectivity index (χ2n) is 6.01. The van der Waals surface area contributed by atoms with Gasteiger partial charge in [0.25, 0.3) is 0 Å². The number of piperazine rings is 1. The minimum Gasteiger partial charge on any atom is -0.360 e. The van der Waals surface area contributed by atoms with Crippen molar-refractivity contribution in [3.63, 3.8) is 0 Å². The van der Waals surface area contributed by atoms with Crippen molar-refractivity contribution in [1.29, 1.82) is 0 Å². The maximum Gasteiger partial charge on any atom is 0.193 e. The van der Waals surface area contributed by atoms with Crippen molar-refractivity contribution >= 4 is 46.3 Å². The molecule has 1 N–H and O–H groups in total. The number of aliphatic imine (C=N–C) groups is 1. The molecule has 2 aliphatic rings. The van der Waals surface area contributed by atoms with Crippen LogP contribution in [-0.2, 0) is 0 Å². The molecule has 1 aromatic heterocycles. The lowest BCUT2D eigenvalue weighted by molar-refractivity contribution is 0.372. The first kappa shape index (κ1) is 17.8.